The van der Waals surface area contributed by atoms with Crippen LogP contribution in [0.2, 0.25) is 0 Å². The molecular formula is C11H13NOS. The van der Waals surface area contributed by atoms with E-state index in [4.69, 9.17) is 4.74 Å². The molecule has 1 aliphatic rings. The van der Waals surface area contributed by atoms with Crippen LogP contribution in [0, 0.1) is 0 Å². The highest BCUT2D eigenvalue weighted by Crippen LogP contribution is 2.18. The molecule has 0 aliphatic carbocycles. The molecular weight excluding hydrogens is 194 g/mol. The Labute approximate surface area is 88.4 Å². The lowest BCUT2D eigenvalue weighted by molar-refractivity contribution is 0.414. The molecule has 0 amide bonds. The number of thioether (sulfide) groups is 1. The molecule has 3 heteroatoms. The van der Waals surface area contributed by atoms with Crippen LogP contribution < -0.4 is 4.74 Å². The van der Waals surface area contributed by atoms with Crippen molar-refractivity contribution in [3.63, 3.8) is 0 Å². The third kappa shape index (κ3) is 2.29. The van der Waals surface area contributed by atoms with Crippen molar-refractivity contribution in [2.24, 2.45) is 4.99 Å². The average Bonchev–Trinajstić information content (AvgIpc) is 2.72. The van der Waals surface area contributed by atoms with Gasteiger partial charge in [0, 0.05) is 18.7 Å². The first-order valence-corrected chi connectivity index (χ1v) is 5.66. The summed E-state index contributed by atoms with van der Waals surface area (Å²) in [5, 5.41) is 1.26. The Morgan fingerprint density at radius 2 is 2.14 bits per heavy atom. The summed E-state index contributed by atoms with van der Waals surface area (Å²) in [5.41, 5.74) is 1.30. The number of hydrogen-bond donors (Lipinski definition) is 0. The summed E-state index contributed by atoms with van der Waals surface area (Å²) in [4.78, 5) is 4.42. The van der Waals surface area contributed by atoms with Crippen molar-refractivity contribution in [3.05, 3.63) is 29.8 Å². The van der Waals surface area contributed by atoms with Crippen molar-refractivity contribution >= 4 is 16.8 Å². The van der Waals surface area contributed by atoms with E-state index >= 15 is 0 Å². The highest BCUT2D eigenvalue weighted by molar-refractivity contribution is 8.14. The van der Waals surface area contributed by atoms with Crippen molar-refractivity contribution in [3.8, 4) is 5.75 Å². The molecule has 74 valence electrons. The van der Waals surface area contributed by atoms with Gasteiger partial charge in [0.05, 0.1) is 12.2 Å². The van der Waals surface area contributed by atoms with E-state index < -0.39 is 0 Å². The molecule has 0 radical (unpaired) electrons. The van der Waals surface area contributed by atoms with E-state index in [1.54, 1.807) is 7.11 Å². The predicted octanol–water partition coefficient (Wildman–Crippen LogP) is 2.38. The second-order valence-corrected chi connectivity index (χ2v) is 4.32. The number of aliphatic imine (C=N–C) groups is 1. The number of hydrogen-bond acceptors (Lipinski definition) is 3. The highest BCUT2D eigenvalue weighted by Gasteiger charge is 2.07. The van der Waals surface area contributed by atoms with E-state index in [0.29, 0.717) is 0 Å². The maximum Gasteiger partial charge on any atom is 0.118 e. The van der Waals surface area contributed by atoms with Gasteiger partial charge < -0.3 is 4.74 Å². The molecule has 0 fully saturated rings. The summed E-state index contributed by atoms with van der Waals surface area (Å²) in [6.45, 7) is 0.982. The Bertz CT molecular complexity index is 332. The fourth-order valence-electron chi connectivity index (χ4n) is 1.40. The molecule has 0 unspecified atom stereocenters. The fraction of sp³-hybridized carbons (Fsp3) is 0.364. The first kappa shape index (κ1) is 9.59. The first-order valence-electron chi connectivity index (χ1n) is 4.67. The van der Waals surface area contributed by atoms with Gasteiger partial charge in [0.25, 0.3) is 0 Å². The number of rotatable bonds is 3. The van der Waals surface area contributed by atoms with Crippen LogP contribution in [0.25, 0.3) is 0 Å². The van der Waals surface area contributed by atoms with E-state index in [1.807, 2.05) is 23.9 Å². The van der Waals surface area contributed by atoms with Gasteiger partial charge in [0.1, 0.15) is 5.75 Å². The van der Waals surface area contributed by atoms with E-state index in [-0.39, 0.29) is 0 Å². The zero-order valence-corrected chi connectivity index (χ0v) is 9.01. The molecule has 2 rings (SSSR count). The summed E-state index contributed by atoms with van der Waals surface area (Å²) in [7, 11) is 1.69. The molecule has 0 atom stereocenters. The number of nitrogens with zero attached hydrogens (tertiary/aromatic N) is 1. The molecule has 2 nitrogen and oxygen atoms in total. The zero-order chi connectivity index (χ0) is 9.80. The molecule has 1 aromatic carbocycles. The summed E-state index contributed by atoms with van der Waals surface area (Å²) in [6.07, 6.45) is 0.967. The van der Waals surface area contributed by atoms with Crippen LogP contribution in [0.3, 0.4) is 0 Å². The molecule has 14 heavy (non-hydrogen) atoms. The average molecular weight is 207 g/mol. The van der Waals surface area contributed by atoms with Crippen molar-refractivity contribution in [2.75, 3.05) is 19.4 Å². The molecule has 0 N–H and O–H groups in total. The van der Waals surface area contributed by atoms with Crippen molar-refractivity contribution < 1.29 is 4.74 Å². The number of methoxy groups -OCH3 is 1. The maximum absolute atomic E-state index is 5.10. The normalized spacial score (nSPS) is 15.4. The maximum atomic E-state index is 5.10. The summed E-state index contributed by atoms with van der Waals surface area (Å²) in [5.74, 6) is 2.06. The van der Waals surface area contributed by atoms with Gasteiger partial charge in [-0.2, -0.15) is 0 Å². The van der Waals surface area contributed by atoms with E-state index in [9.17, 15) is 0 Å². The Balaban J connectivity index is 2.02. The predicted molar refractivity (Wildman–Crippen MR) is 61.5 cm³/mol. The summed E-state index contributed by atoms with van der Waals surface area (Å²) < 4.78 is 5.10. The van der Waals surface area contributed by atoms with Crippen LogP contribution in [0.5, 0.6) is 5.75 Å². The summed E-state index contributed by atoms with van der Waals surface area (Å²) in [6, 6.07) is 8.19. The first-order chi connectivity index (χ1) is 6.88. The SMILES string of the molecule is COc1ccc(CC2=NCCS2)cc1. The minimum Gasteiger partial charge on any atom is -0.497 e. The minimum atomic E-state index is 0.912. The fourth-order valence-corrected chi connectivity index (χ4v) is 2.27. The lowest BCUT2D eigenvalue weighted by Gasteiger charge is -2.02. The Morgan fingerprint density at radius 1 is 1.36 bits per heavy atom. The summed E-state index contributed by atoms with van der Waals surface area (Å²) >= 11 is 1.87. The van der Waals surface area contributed by atoms with Gasteiger partial charge in [-0.1, -0.05) is 12.1 Å². The van der Waals surface area contributed by atoms with Gasteiger partial charge in [-0.15, -0.1) is 11.8 Å². The molecule has 1 aromatic rings. The van der Waals surface area contributed by atoms with Crippen molar-refractivity contribution in [1.82, 2.24) is 0 Å². The van der Waals surface area contributed by atoms with Crippen LogP contribution >= 0.6 is 11.8 Å². The molecule has 0 aromatic heterocycles. The van der Waals surface area contributed by atoms with Gasteiger partial charge in [0.2, 0.25) is 0 Å². The standard InChI is InChI=1S/C11H13NOS/c1-13-10-4-2-9(3-5-10)8-11-12-6-7-14-11/h2-5H,6-8H2,1H3. The monoisotopic (exact) mass is 207 g/mol. The van der Waals surface area contributed by atoms with E-state index in [0.717, 1.165) is 24.5 Å². The molecule has 0 saturated carbocycles. The largest absolute Gasteiger partial charge is 0.497 e. The number of ether oxygens (including phenoxy) is 1. The number of benzene rings is 1. The highest BCUT2D eigenvalue weighted by atomic mass is 32.2. The minimum absolute atomic E-state index is 0.912. The second-order valence-electron chi connectivity index (χ2n) is 3.15. The van der Waals surface area contributed by atoms with E-state index in [1.165, 1.54) is 10.6 Å². The van der Waals surface area contributed by atoms with Crippen molar-refractivity contribution in [1.29, 1.82) is 0 Å². The van der Waals surface area contributed by atoms with Gasteiger partial charge in [0.15, 0.2) is 0 Å². The lowest BCUT2D eigenvalue weighted by Crippen LogP contribution is -1.94. The van der Waals surface area contributed by atoms with Crippen molar-refractivity contribution in [2.45, 2.75) is 6.42 Å². The Hall–Kier alpha value is -0.960. The zero-order valence-electron chi connectivity index (χ0n) is 8.19. The lowest BCUT2D eigenvalue weighted by atomic mass is 10.1. The molecule has 0 bridgehead atoms. The quantitative estimate of drug-likeness (QED) is 0.759. The van der Waals surface area contributed by atoms with Crippen LogP contribution in [0.4, 0.5) is 0 Å². The van der Waals surface area contributed by atoms with Crippen LogP contribution in [0.15, 0.2) is 29.3 Å². The second kappa shape index (κ2) is 4.51. The third-order valence-electron chi connectivity index (χ3n) is 2.16. The van der Waals surface area contributed by atoms with E-state index in [2.05, 4.69) is 17.1 Å². The third-order valence-corrected chi connectivity index (χ3v) is 3.16. The Morgan fingerprint density at radius 3 is 2.71 bits per heavy atom. The van der Waals surface area contributed by atoms with Gasteiger partial charge in [-0.25, -0.2) is 0 Å². The Kier molecular flexibility index (Phi) is 3.09. The van der Waals surface area contributed by atoms with Crippen LogP contribution in [0.1, 0.15) is 5.56 Å². The van der Waals surface area contributed by atoms with Gasteiger partial charge in [-0.3, -0.25) is 4.99 Å². The topological polar surface area (TPSA) is 21.6 Å². The smallest absolute Gasteiger partial charge is 0.118 e. The molecule has 0 spiro atoms. The van der Waals surface area contributed by atoms with Gasteiger partial charge >= 0.3 is 0 Å². The molecule has 1 aliphatic heterocycles. The van der Waals surface area contributed by atoms with Crippen LogP contribution in [-0.2, 0) is 6.42 Å². The van der Waals surface area contributed by atoms with Gasteiger partial charge in [-0.05, 0) is 17.7 Å². The molecule has 1 heterocycles. The molecule has 0 saturated heterocycles. The van der Waals surface area contributed by atoms with Crippen LogP contribution in [-0.4, -0.2) is 24.5 Å².